The molecule has 4 heteroatoms. The van der Waals surface area contributed by atoms with Crippen molar-refractivity contribution in [3.63, 3.8) is 0 Å². The molecule has 0 aliphatic carbocycles. The maximum Gasteiger partial charge on any atom is 0.137 e. The van der Waals surface area contributed by atoms with E-state index in [0.29, 0.717) is 17.0 Å². The lowest BCUT2D eigenvalue weighted by atomic mass is 10.1. The van der Waals surface area contributed by atoms with E-state index in [0.717, 1.165) is 0 Å². The van der Waals surface area contributed by atoms with Gasteiger partial charge in [-0.2, -0.15) is 0 Å². The van der Waals surface area contributed by atoms with E-state index in [4.69, 9.17) is 16.2 Å². The molecule has 0 fully saturated rings. The molecule has 0 amide bonds. The zero-order chi connectivity index (χ0) is 10.6. The summed E-state index contributed by atoms with van der Waals surface area (Å²) in [4.78, 5) is 0. The Bertz CT molecular complexity index is 348. The molecule has 0 atom stereocenters. The highest BCUT2D eigenvalue weighted by Crippen LogP contribution is 2.27. The minimum atomic E-state index is 0.0729. The number of nitrogen functional groups attached to an aromatic ring is 1. The van der Waals surface area contributed by atoms with Crippen molar-refractivity contribution in [1.82, 2.24) is 0 Å². The van der Waals surface area contributed by atoms with Crippen LogP contribution < -0.4 is 11.5 Å². The molecule has 0 spiro atoms. The lowest BCUT2D eigenvalue weighted by molar-refractivity contribution is 0.286. The number of phenolic OH excluding ortho intramolecular Hbond substituents is 1. The van der Waals surface area contributed by atoms with Crippen LogP contribution in [0.1, 0.15) is 12.5 Å². The van der Waals surface area contributed by atoms with Crippen LogP contribution in [0.4, 0.5) is 5.69 Å². The second-order valence-corrected chi connectivity index (χ2v) is 2.74. The predicted octanol–water partition coefficient (Wildman–Crippen LogP) is 1.27. The topological polar surface area (TPSA) is 81.5 Å². The number of nitrogens with two attached hydrogens (primary N) is 2. The van der Waals surface area contributed by atoms with Gasteiger partial charge in [-0.15, -0.1) is 0 Å². The Kier molecular flexibility index (Phi) is 3.36. The molecule has 0 radical (unpaired) electrons. The van der Waals surface area contributed by atoms with Gasteiger partial charge in [-0.1, -0.05) is 0 Å². The molecule has 4 nitrogen and oxygen atoms in total. The lowest BCUT2D eigenvalue weighted by Crippen LogP contribution is -2.04. The fourth-order valence-corrected chi connectivity index (χ4v) is 1.16. The average molecular weight is 194 g/mol. The average Bonchev–Trinajstić information content (AvgIpc) is 2.15. The number of hydrogen-bond acceptors (Lipinski definition) is 4. The van der Waals surface area contributed by atoms with Crippen LogP contribution in [0.3, 0.4) is 0 Å². The molecule has 0 aliphatic rings. The Morgan fingerprint density at radius 3 is 2.79 bits per heavy atom. The molecule has 0 aliphatic heterocycles. The predicted molar refractivity (Wildman–Crippen MR) is 56.3 cm³/mol. The van der Waals surface area contributed by atoms with Gasteiger partial charge in [-0.3, -0.25) is 5.73 Å². The van der Waals surface area contributed by atoms with Crippen molar-refractivity contribution in [2.45, 2.75) is 6.92 Å². The molecule has 0 saturated carbocycles. The zero-order valence-corrected chi connectivity index (χ0v) is 8.03. The van der Waals surface area contributed by atoms with Crippen LogP contribution in [0.15, 0.2) is 24.3 Å². The molecule has 1 aromatic carbocycles. The third-order valence-electron chi connectivity index (χ3n) is 1.79. The van der Waals surface area contributed by atoms with E-state index in [-0.39, 0.29) is 12.5 Å². The Balaban J connectivity index is 3.05. The summed E-state index contributed by atoms with van der Waals surface area (Å²) in [6, 6.07) is 4.85. The first-order valence-corrected chi connectivity index (χ1v) is 4.27. The van der Waals surface area contributed by atoms with E-state index in [9.17, 15) is 5.11 Å². The summed E-state index contributed by atoms with van der Waals surface area (Å²) in [6.07, 6.45) is 1.73. The number of aromatic hydroxyl groups is 1. The highest BCUT2D eigenvalue weighted by Gasteiger charge is 2.07. The highest BCUT2D eigenvalue weighted by molar-refractivity contribution is 5.67. The number of ether oxygens (including phenoxy) is 1. The Labute approximate surface area is 82.8 Å². The van der Waals surface area contributed by atoms with Crippen LogP contribution in [0.25, 0.3) is 5.76 Å². The molecular formula is C10H14N2O2. The molecule has 0 saturated heterocycles. The Hall–Kier alpha value is -1.68. The third-order valence-corrected chi connectivity index (χ3v) is 1.79. The normalized spacial score (nSPS) is 11.4. The molecular weight excluding hydrogens is 180 g/mol. The first-order chi connectivity index (χ1) is 6.69. The van der Waals surface area contributed by atoms with Crippen molar-refractivity contribution in [2.75, 3.05) is 12.5 Å². The summed E-state index contributed by atoms with van der Waals surface area (Å²) in [5, 5.41) is 9.58. The van der Waals surface area contributed by atoms with Crippen LogP contribution in [0, 0.1) is 0 Å². The van der Waals surface area contributed by atoms with Gasteiger partial charge >= 0.3 is 0 Å². The third kappa shape index (κ3) is 2.17. The Morgan fingerprint density at radius 1 is 1.57 bits per heavy atom. The second kappa shape index (κ2) is 4.53. The van der Waals surface area contributed by atoms with Gasteiger partial charge < -0.3 is 15.6 Å². The number of rotatable bonds is 3. The maximum absolute atomic E-state index is 9.58. The number of phenols is 1. The minimum Gasteiger partial charge on any atom is -0.507 e. The SMILES string of the molecule is C/C=C(\OCN)c1ccc(N)cc1O. The van der Waals surface area contributed by atoms with Gasteiger partial charge in [0.2, 0.25) is 0 Å². The molecule has 14 heavy (non-hydrogen) atoms. The first kappa shape index (κ1) is 10.4. The summed E-state index contributed by atoms with van der Waals surface area (Å²) in [5.41, 5.74) is 11.8. The van der Waals surface area contributed by atoms with E-state index >= 15 is 0 Å². The standard InChI is InChI=1S/C10H14N2O2/c1-2-10(14-6-11)8-4-3-7(12)5-9(8)13/h2-5,13H,6,11-12H2,1H3/b10-2-. The zero-order valence-electron chi connectivity index (χ0n) is 8.03. The minimum absolute atomic E-state index is 0.0729. The molecule has 1 aromatic rings. The molecule has 0 bridgehead atoms. The smallest absolute Gasteiger partial charge is 0.137 e. The van der Waals surface area contributed by atoms with Crippen molar-refractivity contribution < 1.29 is 9.84 Å². The summed E-state index contributed by atoms with van der Waals surface area (Å²) in [7, 11) is 0. The molecule has 0 heterocycles. The van der Waals surface area contributed by atoms with Crippen LogP contribution in [-0.2, 0) is 4.74 Å². The number of anilines is 1. The van der Waals surface area contributed by atoms with E-state index in [1.165, 1.54) is 6.07 Å². The van der Waals surface area contributed by atoms with Crippen molar-refractivity contribution >= 4 is 11.4 Å². The molecule has 76 valence electrons. The summed E-state index contributed by atoms with van der Waals surface area (Å²) in [6.45, 7) is 1.88. The van der Waals surface area contributed by atoms with E-state index < -0.39 is 0 Å². The molecule has 5 N–H and O–H groups in total. The Morgan fingerprint density at radius 2 is 2.29 bits per heavy atom. The van der Waals surface area contributed by atoms with Gasteiger partial charge in [-0.05, 0) is 25.1 Å². The van der Waals surface area contributed by atoms with Crippen molar-refractivity contribution in [3.05, 3.63) is 29.8 Å². The summed E-state index contributed by atoms with van der Waals surface area (Å²) < 4.78 is 5.14. The van der Waals surface area contributed by atoms with Gasteiger partial charge in [0.15, 0.2) is 0 Å². The van der Waals surface area contributed by atoms with Gasteiger partial charge in [-0.25, -0.2) is 0 Å². The van der Waals surface area contributed by atoms with E-state index in [1.54, 1.807) is 25.1 Å². The second-order valence-electron chi connectivity index (χ2n) is 2.74. The van der Waals surface area contributed by atoms with E-state index in [2.05, 4.69) is 0 Å². The van der Waals surface area contributed by atoms with Crippen molar-refractivity contribution in [3.8, 4) is 5.75 Å². The van der Waals surface area contributed by atoms with Crippen LogP contribution in [-0.4, -0.2) is 11.8 Å². The molecule has 0 aromatic heterocycles. The van der Waals surface area contributed by atoms with Crippen LogP contribution >= 0.6 is 0 Å². The first-order valence-electron chi connectivity index (χ1n) is 4.27. The quantitative estimate of drug-likeness (QED) is 0.384. The highest BCUT2D eigenvalue weighted by atomic mass is 16.5. The van der Waals surface area contributed by atoms with Gasteiger partial charge in [0.05, 0.1) is 5.56 Å². The van der Waals surface area contributed by atoms with Crippen molar-refractivity contribution in [1.29, 1.82) is 0 Å². The number of allylic oxidation sites excluding steroid dienone is 1. The fourth-order valence-electron chi connectivity index (χ4n) is 1.16. The van der Waals surface area contributed by atoms with Crippen LogP contribution in [0.2, 0.25) is 0 Å². The number of benzene rings is 1. The fraction of sp³-hybridized carbons (Fsp3) is 0.200. The summed E-state index contributed by atoms with van der Waals surface area (Å²) >= 11 is 0. The number of hydrogen-bond donors (Lipinski definition) is 3. The van der Waals surface area contributed by atoms with Crippen molar-refractivity contribution in [2.24, 2.45) is 5.73 Å². The molecule has 1 rings (SSSR count). The van der Waals surface area contributed by atoms with Crippen LogP contribution in [0.5, 0.6) is 5.75 Å². The molecule has 0 unspecified atom stereocenters. The lowest BCUT2D eigenvalue weighted by Gasteiger charge is -2.10. The largest absolute Gasteiger partial charge is 0.507 e. The van der Waals surface area contributed by atoms with Gasteiger partial charge in [0, 0.05) is 11.8 Å². The van der Waals surface area contributed by atoms with Gasteiger partial charge in [0.1, 0.15) is 18.2 Å². The maximum atomic E-state index is 9.58. The summed E-state index contributed by atoms with van der Waals surface area (Å²) in [5.74, 6) is 0.636. The van der Waals surface area contributed by atoms with E-state index in [1.807, 2.05) is 0 Å². The monoisotopic (exact) mass is 194 g/mol. The van der Waals surface area contributed by atoms with Gasteiger partial charge in [0.25, 0.3) is 0 Å².